The van der Waals surface area contributed by atoms with Crippen molar-refractivity contribution >= 4 is 27.8 Å². The summed E-state index contributed by atoms with van der Waals surface area (Å²) in [4.78, 5) is 19.8. The van der Waals surface area contributed by atoms with E-state index in [1.807, 2.05) is 6.20 Å². The summed E-state index contributed by atoms with van der Waals surface area (Å²) in [5.74, 6) is 2.11. The van der Waals surface area contributed by atoms with E-state index < -0.39 is 0 Å². The van der Waals surface area contributed by atoms with Gasteiger partial charge in [-0.05, 0) is 60.9 Å². The number of likely N-dealkylation sites (tertiary alicyclic amines) is 1. The summed E-state index contributed by atoms with van der Waals surface area (Å²) in [7, 11) is 0. The van der Waals surface area contributed by atoms with E-state index in [2.05, 4.69) is 87.3 Å². The topological polar surface area (TPSA) is 66.8 Å². The third-order valence-corrected chi connectivity index (χ3v) is 7.85. The van der Waals surface area contributed by atoms with Crippen LogP contribution in [0.2, 0.25) is 0 Å². The minimum absolute atomic E-state index is 0.295. The maximum absolute atomic E-state index is 12.6. The Morgan fingerprint density at radius 3 is 2.64 bits per heavy atom. The smallest absolute Gasteiger partial charge is 0.225 e. The highest BCUT2D eigenvalue weighted by Gasteiger charge is 2.36. The molecule has 180 valence electrons. The van der Waals surface area contributed by atoms with Crippen LogP contribution in [0.3, 0.4) is 0 Å². The molecule has 0 radical (unpaired) electrons. The number of rotatable bonds is 5. The highest BCUT2D eigenvalue weighted by atomic mass is 16.2. The molecule has 0 unspecified atom stereocenters. The second-order valence-corrected chi connectivity index (χ2v) is 10.5. The van der Waals surface area contributed by atoms with Crippen LogP contribution in [0.15, 0.2) is 66.9 Å². The average molecular weight is 476 g/mol. The van der Waals surface area contributed by atoms with Crippen LogP contribution in [-0.2, 0) is 11.3 Å². The Morgan fingerprint density at radius 1 is 1.00 bits per heavy atom. The third kappa shape index (κ3) is 3.68. The highest BCUT2D eigenvalue weighted by molar-refractivity contribution is 5.86. The molecule has 3 heterocycles. The molecule has 0 spiro atoms. The molecule has 1 atom stereocenters. The second kappa shape index (κ2) is 8.33. The van der Waals surface area contributed by atoms with Gasteiger partial charge in [0.1, 0.15) is 5.82 Å². The Balaban J connectivity index is 1.22. The van der Waals surface area contributed by atoms with Gasteiger partial charge in [0.05, 0.1) is 22.7 Å². The Bertz CT molecular complexity index is 1590. The molecule has 1 aliphatic carbocycles. The van der Waals surface area contributed by atoms with Crippen molar-refractivity contribution < 1.29 is 4.79 Å². The van der Waals surface area contributed by atoms with E-state index in [1.165, 1.54) is 16.6 Å². The molecule has 2 aromatic heterocycles. The minimum atomic E-state index is 0.295. The molecule has 1 amide bonds. The number of nitrogens with one attached hydrogen (secondary N) is 1. The van der Waals surface area contributed by atoms with Crippen molar-refractivity contribution in [2.75, 3.05) is 13.1 Å². The zero-order chi connectivity index (χ0) is 24.2. The number of H-pyrrole nitrogens is 1. The van der Waals surface area contributed by atoms with Gasteiger partial charge in [0.2, 0.25) is 5.91 Å². The molecule has 36 heavy (non-hydrogen) atoms. The maximum Gasteiger partial charge on any atom is 0.225 e. The van der Waals surface area contributed by atoms with Crippen molar-refractivity contribution in [2.24, 2.45) is 11.8 Å². The SMILES string of the molecule is Cc1cccc2nc(-c3ccc(-c4ccc5cn[nH]c5c4)cc3)n(C[C@@H]3CCN(C(=O)C4CC4)C3)c12. The predicted molar refractivity (Wildman–Crippen MR) is 142 cm³/mol. The van der Waals surface area contributed by atoms with Crippen LogP contribution in [0.1, 0.15) is 24.8 Å². The van der Waals surface area contributed by atoms with Crippen LogP contribution in [0.25, 0.3) is 44.5 Å². The van der Waals surface area contributed by atoms with Crippen LogP contribution in [-0.4, -0.2) is 43.6 Å². The lowest BCUT2D eigenvalue weighted by Gasteiger charge is -2.18. The van der Waals surface area contributed by atoms with Gasteiger partial charge in [0.15, 0.2) is 0 Å². The minimum Gasteiger partial charge on any atom is -0.342 e. The molecule has 1 saturated heterocycles. The lowest BCUT2D eigenvalue weighted by Crippen LogP contribution is -2.30. The monoisotopic (exact) mass is 475 g/mol. The zero-order valence-corrected chi connectivity index (χ0v) is 20.4. The number of para-hydroxylation sites is 1. The summed E-state index contributed by atoms with van der Waals surface area (Å²) in [6.07, 6.45) is 5.04. The first-order chi connectivity index (χ1) is 17.6. The Morgan fingerprint density at radius 2 is 1.81 bits per heavy atom. The van der Waals surface area contributed by atoms with Gasteiger partial charge >= 0.3 is 0 Å². The number of hydrogen-bond acceptors (Lipinski definition) is 3. The van der Waals surface area contributed by atoms with E-state index in [0.29, 0.717) is 17.7 Å². The van der Waals surface area contributed by atoms with Crippen molar-refractivity contribution in [3.8, 4) is 22.5 Å². The van der Waals surface area contributed by atoms with E-state index >= 15 is 0 Å². The molecule has 0 bridgehead atoms. The summed E-state index contributed by atoms with van der Waals surface area (Å²) in [6, 6.07) is 21.4. The number of aromatic nitrogens is 4. The van der Waals surface area contributed by atoms with Crippen LogP contribution >= 0.6 is 0 Å². The van der Waals surface area contributed by atoms with Gasteiger partial charge in [-0.2, -0.15) is 5.10 Å². The first kappa shape index (κ1) is 21.4. The van der Waals surface area contributed by atoms with Gasteiger partial charge < -0.3 is 9.47 Å². The summed E-state index contributed by atoms with van der Waals surface area (Å²) in [5.41, 5.74) is 7.95. The molecule has 2 aliphatic rings. The summed E-state index contributed by atoms with van der Waals surface area (Å²) >= 11 is 0. The van der Waals surface area contributed by atoms with E-state index in [-0.39, 0.29) is 0 Å². The fourth-order valence-corrected chi connectivity index (χ4v) is 5.72. The van der Waals surface area contributed by atoms with Gasteiger partial charge in [-0.1, -0.05) is 48.5 Å². The molecule has 3 aromatic carbocycles. The Kier molecular flexibility index (Phi) is 4.94. The molecule has 6 nitrogen and oxygen atoms in total. The summed E-state index contributed by atoms with van der Waals surface area (Å²) in [6.45, 7) is 4.78. The second-order valence-electron chi connectivity index (χ2n) is 10.5. The number of carbonyl (C=O) groups excluding carboxylic acids is 1. The number of nitrogens with zero attached hydrogens (tertiary/aromatic N) is 4. The molecule has 2 fully saturated rings. The molecule has 7 rings (SSSR count). The number of aryl methyl sites for hydroxylation is 1. The van der Waals surface area contributed by atoms with Crippen molar-refractivity contribution in [1.29, 1.82) is 0 Å². The molecule has 6 heteroatoms. The van der Waals surface area contributed by atoms with Gasteiger partial charge in [-0.15, -0.1) is 0 Å². The largest absolute Gasteiger partial charge is 0.342 e. The Labute approximate surface area is 210 Å². The van der Waals surface area contributed by atoms with Crippen molar-refractivity contribution in [2.45, 2.75) is 32.7 Å². The molecule has 1 N–H and O–H groups in total. The lowest BCUT2D eigenvalue weighted by molar-refractivity contribution is -0.131. The zero-order valence-electron chi connectivity index (χ0n) is 20.4. The number of hydrogen-bond donors (Lipinski definition) is 1. The molecule has 1 saturated carbocycles. The maximum atomic E-state index is 12.6. The van der Waals surface area contributed by atoms with Gasteiger partial charge in [0, 0.05) is 36.5 Å². The van der Waals surface area contributed by atoms with E-state index in [0.717, 1.165) is 72.3 Å². The first-order valence-electron chi connectivity index (χ1n) is 12.9. The van der Waals surface area contributed by atoms with Gasteiger partial charge in [0.25, 0.3) is 0 Å². The van der Waals surface area contributed by atoms with E-state index in [4.69, 9.17) is 4.98 Å². The first-order valence-corrected chi connectivity index (χ1v) is 12.9. The molecule has 1 aliphatic heterocycles. The standard InChI is InChI=1S/C30H29N5O/c1-19-3-2-4-26-28(19)35(18-20-13-14-34(17-20)30(36)23-9-10-23)29(32-26)22-7-5-21(6-8-22)24-11-12-25-16-31-33-27(25)15-24/h2-8,11-12,15-16,20,23H,9-10,13-14,17-18H2,1H3,(H,31,33)/t20-/m1/s1. The van der Waals surface area contributed by atoms with Crippen LogP contribution < -0.4 is 0 Å². The number of amides is 1. The molecular weight excluding hydrogens is 446 g/mol. The number of carbonyl (C=O) groups is 1. The van der Waals surface area contributed by atoms with Crippen molar-refractivity contribution in [3.63, 3.8) is 0 Å². The Hall–Kier alpha value is -3.93. The van der Waals surface area contributed by atoms with Gasteiger partial charge in [-0.3, -0.25) is 9.89 Å². The summed E-state index contributed by atoms with van der Waals surface area (Å²) in [5, 5.41) is 8.31. The normalized spacial score (nSPS) is 17.9. The lowest BCUT2D eigenvalue weighted by atomic mass is 10.0. The van der Waals surface area contributed by atoms with Crippen LogP contribution in [0.5, 0.6) is 0 Å². The number of fused-ring (bicyclic) bond motifs is 2. The molecule has 5 aromatic rings. The third-order valence-electron chi connectivity index (χ3n) is 7.85. The van der Waals surface area contributed by atoms with Crippen molar-refractivity contribution in [1.82, 2.24) is 24.6 Å². The van der Waals surface area contributed by atoms with E-state index in [9.17, 15) is 4.79 Å². The van der Waals surface area contributed by atoms with E-state index in [1.54, 1.807) is 0 Å². The quantitative estimate of drug-likeness (QED) is 0.349. The average Bonchev–Trinajstić information content (AvgIpc) is 3.29. The van der Waals surface area contributed by atoms with Crippen LogP contribution in [0.4, 0.5) is 0 Å². The summed E-state index contributed by atoms with van der Waals surface area (Å²) < 4.78 is 2.39. The fraction of sp³-hybridized carbons (Fsp3) is 0.300. The highest BCUT2D eigenvalue weighted by Crippen LogP contribution is 2.35. The van der Waals surface area contributed by atoms with Crippen molar-refractivity contribution in [3.05, 3.63) is 72.4 Å². The number of imidazole rings is 1. The molecular formula is C30H29N5O. The van der Waals surface area contributed by atoms with Crippen LogP contribution in [0, 0.1) is 18.8 Å². The predicted octanol–water partition coefficient (Wildman–Crippen LogP) is 5.81. The fourth-order valence-electron chi connectivity index (χ4n) is 5.72. The number of aromatic amines is 1. The number of benzene rings is 3. The van der Waals surface area contributed by atoms with Gasteiger partial charge in [-0.25, -0.2) is 4.98 Å².